The Morgan fingerprint density at radius 3 is 2.74 bits per heavy atom. The maximum atomic E-state index is 5.71. The third kappa shape index (κ3) is 2.53. The predicted molar refractivity (Wildman–Crippen MR) is 89.0 cm³/mol. The summed E-state index contributed by atoms with van der Waals surface area (Å²) in [6, 6.07) is 12.1. The fourth-order valence-corrected chi connectivity index (χ4v) is 2.92. The molecule has 0 N–H and O–H groups in total. The highest BCUT2D eigenvalue weighted by Crippen LogP contribution is 2.35. The zero-order valence-electron chi connectivity index (χ0n) is 13.3. The molecule has 0 amide bonds. The number of aromatic nitrogens is 2. The van der Waals surface area contributed by atoms with Gasteiger partial charge in [0.05, 0.1) is 11.4 Å². The van der Waals surface area contributed by atoms with E-state index >= 15 is 0 Å². The van der Waals surface area contributed by atoms with Crippen LogP contribution in [0.25, 0.3) is 16.9 Å². The van der Waals surface area contributed by atoms with Crippen molar-refractivity contribution in [3.8, 4) is 22.8 Å². The number of ether oxygens (including phenoxy) is 2. The van der Waals surface area contributed by atoms with Crippen LogP contribution >= 0.6 is 0 Å². The normalized spacial score (nSPS) is 13.7. The van der Waals surface area contributed by atoms with Crippen LogP contribution in [0, 0.1) is 0 Å². The first kappa shape index (κ1) is 14.1. The van der Waals surface area contributed by atoms with E-state index in [4.69, 9.17) is 14.5 Å². The minimum Gasteiger partial charge on any atom is -0.486 e. The van der Waals surface area contributed by atoms with Crippen molar-refractivity contribution in [1.82, 2.24) is 14.3 Å². The van der Waals surface area contributed by atoms with Gasteiger partial charge in [0, 0.05) is 18.3 Å². The summed E-state index contributed by atoms with van der Waals surface area (Å²) in [6.45, 7) is 2.01. The largest absolute Gasteiger partial charge is 0.486 e. The highest BCUT2D eigenvalue weighted by atomic mass is 16.6. The van der Waals surface area contributed by atoms with E-state index in [2.05, 4.69) is 35.7 Å². The number of nitrogens with zero attached hydrogens (tertiary/aromatic N) is 3. The summed E-state index contributed by atoms with van der Waals surface area (Å²) in [5.74, 6) is 1.60. The molecule has 1 aromatic carbocycles. The molecule has 0 radical (unpaired) electrons. The Balaban J connectivity index is 1.87. The summed E-state index contributed by atoms with van der Waals surface area (Å²) < 4.78 is 13.5. The van der Waals surface area contributed by atoms with Gasteiger partial charge in [-0.3, -0.25) is 0 Å². The van der Waals surface area contributed by atoms with Crippen LogP contribution < -0.4 is 9.47 Å². The third-order valence-electron chi connectivity index (χ3n) is 3.91. The van der Waals surface area contributed by atoms with E-state index in [0.717, 1.165) is 34.9 Å². The van der Waals surface area contributed by atoms with Gasteiger partial charge in [0.2, 0.25) is 0 Å². The van der Waals surface area contributed by atoms with Crippen molar-refractivity contribution in [2.75, 3.05) is 27.3 Å². The second-order valence-corrected chi connectivity index (χ2v) is 5.93. The molecule has 5 heteroatoms. The van der Waals surface area contributed by atoms with E-state index in [-0.39, 0.29) is 0 Å². The van der Waals surface area contributed by atoms with Crippen molar-refractivity contribution in [1.29, 1.82) is 0 Å². The Hall–Kier alpha value is -2.53. The van der Waals surface area contributed by atoms with E-state index in [1.807, 2.05) is 30.3 Å². The Morgan fingerprint density at radius 1 is 1.09 bits per heavy atom. The van der Waals surface area contributed by atoms with Crippen LogP contribution in [-0.2, 0) is 6.54 Å². The van der Waals surface area contributed by atoms with Crippen molar-refractivity contribution in [2.24, 2.45) is 0 Å². The predicted octanol–water partition coefficient (Wildman–Crippen LogP) is 2.83. The topological polar surface area (TPSA) is 39.0 Å². The lowest BCUT2D eigenvalue weighted by molar-refractivity contribution is 0.171. The first-order valence-corrected chi connectivity index (χ1v) is 7.73. The summed E-state index contributed by atoms with van der Waals surface area (Å²) in [7, 11) is 4.13. The standard InChI is InChI=1S/C18H19N3O2/c1-20(2)12-14-18(19-17-5-3-4-8-21(14)17)13-6-7-15-16(11-13)23-10-9-22-15/h3-8,11H,9-10,12H2,1-2H3. The molecule has 0 atom stereocenters. The molecule has 0 fully saturated rings. The summed E-state index contributed by atoms with van der Waals surface area (Å²) >= 11 is 0. The Kier molecular flexibility index (Phi) is 3.42. The van der Waals surface area contributed by atoms with Gasteiger partial charge in [-0.2, -0.15) is 0 Å². The van der Waals surface area contributed by atoms with Crippen molar-refractivity contribution in [2.45, 2.75) is 6.54 Å². The molecule has 0 bridgehead atoms. The van der Waals surface area contributed by atoms with Gasteiger partial charge in [0.15, 0.2) is 11.5 Å². The molecule has 23 heavy (non-hydrogen) atoms. The molecule has 5 nitrogen and oxygen atoms in total. The van der Waals surface area contributed by atoms with Crippen LogP contribution in [0.5, 0.6) is 11.5 Å². The van der Waals surface area contributed by atoms with Crippen molar-refractivity contribution < 1.29 is 9.47 Å². The van der Waals surface area contributed by atoms with Crippen LogP contribution in [0.4, 0.5) is 0 Å². The summed E-state index contributed by atoms with van der Waals surface area (Å²) in [5, 5.41) is 0. The number of imidazole rings is 1. The average molecular weight is 309 g/mol. The number of benzene rings is 1. The minimum absolute atomic E-state index is 0.589. The summed E-state index contributed by atoms with van der Waals surface area (Å²) in [6.07, 6.45) is 2.06. The number of pyridine rings is 1. The van der Waals surface area contributed by atoms with Gasteiger partial charge < -0.3 is 18.8 Å². The highest BCUT2D eigenvalue weighted by Gasteiger charge is 2.18. The second-order valence-electron chi connectivity index (χ2n) is 5.93. The molecule has 118 valence electrons. The third-order valence-corrected chi connectivity index (χ3v) is 3.91. The van der Waals surface area contributed by atoms with Gasteiger partial charge in [-0.1, -0.05) is 6.07 Å². The number of rotatable bonds is 3. The zero-order valence-corrected chi connectivity index (χ0v) is 13.3. The monoisotopic (exact) mass is 309 g/mol. The molecule has 0 unspecified atom stereocenters. The van der Waals surface area contributed by atoms with Gasteiger partial charge in [-0.25, -0.2) is 4.98 Å². The van der Waals surface area contributed by atoms with Gasteiger partial charge in [0.25, 0.3) is 0 Å². The van der Waals surface area contributed by atoms with Crippen LogP contribution in [0.2, 0.25) is 0 Å². The summed E-state index contributed by atoms with van der Waals surface area (Å²) in [4.78, 5) is 6.98. The van der Waals surface area contributed by atoms with Crippen LogP contribution in [-0.4, -0.2) is 41.6 Å². The number of hydrogen-bond donors (Lipinski definition) is 0. The quantitative estimate of drug-likeness (QED) is 0.746. The van der Waals surface area contributed by atoms with E-state index in [0.29, 0.717) is 13.2 Å². The Bertz CT molecular complexity index is 855. The van der Waals surface area contributed by atoms with Crippen molar-refractivity contribution in [3.63, 3.8) is 0 Å². The van der Waals surface area contributed by atoms with E-state index in [9.17, 15) is 0 Å². The molecule has 4 rings (SSSR count). The van der Waals surface area contributed by atoms with E-state index < -0.39 is 0 Å². The van der Waals surface area contributed by atoms with Crippen LogP contribution in [0.15, 0.2) is 42.6 Å². The molecule has 2 aromatic heterocycles. The maximum Gasteiger partial charge on any atom is 0.162 e. The van der Waals surface area contributed by atoms with Gasteiger partial charge >= 0.3 is 0 Å². The molecule has 0 spiro atoms. The highest BCUT2D eigenvalue weighted by molar-refractivity contribution is 5.69. The lowest BCUT2D eigenvalue weighted by Gasteiger charge is -2.19. The van der Waals surface area contributed by atoms with Gasteiger partial charge in [-0.05, 0) is 44.4 Å². The first-order chi connectivity index (χ1) is 11.2. The number of fused-ring (bicyclic) bond motifs is 2. The summed E-state index contributed by atoms with van der Waals surface area (Å²) in [5.41, 5.74) is 4.16. The Morgan fingerprint density at radius 2 is 1.91 bits per heavy atom. The molecular formula is C18H19N3O2. The molecule has 1 aliphatic heterocycles. The smallest absolute Gasteiger partial charge is 0.162 e. The molecule has 0 aliphatic carbocycles. The Labute approximate surface area is 135 Å². The molecule has 3 heterocycles. The fourth-order valence-electron chi connectivity index (χ4n) is 2.92. The van der Waals surface area contributed by atoms with Gasteiger partial charge in [0.1, 0.15) is 18.9 Å². The van der Waals surface area contributed by atoms with E-state index in [1.54, 1.807) is 0 Å². The molecular weight excluding hydrogens is 290 g/mol. The van der Waals surface area contributed by atoms with Crippen molar-refractivity contribution >= 4 is 5.65 Å². The number of hydrogen-bond acceptors (Lipinski definition) is 4. The molecule has 0 saturated carbocycles. The molecule has 1 aliphatic rings. The second kappa shape index (κ2) is 5.59. The molecule has 3 aromatic rings. The SMILES string of the molecule is CN(C)Cc1c(-c2ccc3c(c2)OCCO3)nc2ccccn12. The lowest BCUT2D eigenvalue weighted by atomic mass is 10.1. The van der Waals surface area contributed by atoms with Crippen LogP contribution in [0.3, 0.4) is 0 Å². The van der Waals surface area contributed by atoms with Crippen molar-refractivity contribution in [3.05, 3.63) is 48.3 Å². The fraction of sp³-hybridized carbons (Fsp3) is 0.278. The molecule has 0 saturated heterocycles. The van der Waals surface area contributed by atoms with Crippen LogP contribution in [0.1, 0.15) is 5.69 Å². The lowest BCUT2D eigenvalue weighted by Crippen LogP contribution is -2.15. The first-order valence-electron chi connectivity index (χ1n) is 7.73. The van der Waals surface area contributed by atoms with E-state index in [1.165, 1.54) is 5.69 Å². The zero-order chi connectivity index (χ0) is 15.8. The minimum atomic E-state index is 0.589. The van der Waals surface area contributed by atoms with Gasteiger partial charge in [-0.15, -0.1) is 0 Å². The average Bonchev–Trinajstić information content (AvgIpc) is 2.93. The maximum absolute atomic E-state index is 5.71.